The van der Waals surface area contributed by atoms with Gasteiger partial charge in [-0.1, -0.05) is 12.8 Å². The molecule has 2 heterocycles. The van der Waals surface area contributed by atoms with Gasteiger partial charge in [-0.05, 0) is 12.8 Å². The van der Waals surface area contributed by atoms with E-state index in [4.69, 9.17) is 4.74 Å². The smallest absolute Gasteiger partial charge is 0.333 e. The Labute approximate surface area is 96.4 Å². The molecule has 0 spiro atoms. The lowest BCUT2D eigenvalue weighted by Crippen LogP contribution is -2.43. The van der Waals surface area contributed by atoms with Crippen molar-refractivity contribution in [3.63, 3.8) is 0 Å². The van der Waals surface area contributed by atoms with Crippen LogP contribution in [0.4, 0.5) is 0 Å². The van der Waals surface area contributed by atoms with Gasteiger partial charge in [0, 0.05) is 6.54 Å². The molecular weight excluding hydrogens is 226 g/mol. The fourth-order valence-electron chi connectivity index (χ4n) is 1.71. The first kappa shape index (κ1) is 11.8. The van der Waals surface area contributed by atoms with Crippen LogP contribution < -0.4 is 17.1 Å². The van der Waals surface area contributed by atoms with E-state index in [1.807, 2.05) is 9.97 Å². The van der Waals surface area contributed by atoms with Gasteiger partial charge in [0.1, 0.15) is 0 Å². The summed E-state index contributed by atoms with van der Waals surface area (Å²) in [6.45, 7) is 1.19. The van der Waals surface area contributed by atoms with Crippen LogP contribution >= 0.6 is 0 Å². The number of hydrogen-bond donors (Lipinski definition) is 2. The normalized spacial score (nSPS) is 18.2. The molecule has 1 aliphatic heterocycles. The summed E-state index contributed by atoms with van der Waals surface area (Å²) in [5.41, 5.74) is -2.06. The average Bonchev–Trinajstić information content (AvgIpc) is 3.04. The van der Waals surface area contributed by atoms with Crippen LogP contribution in [-0.4, -0.2) is 27.2 Å². The predicted molar refractivity (Wildman–Crippen MR) is 60.2 cm³/mol. The van der Waals surface area contributed by atoms with E-state index >= 15 is 0 Å². The van der Waals surface area contributed by atoms with Gasteiger partial charge in [0.05, 0.1) is 12.7 Å². The molecule has 1 aromatic rings. The van der Waals surface area contributed by atoms with Crippen LogP contribution in [0.15, 0.2) is 14.4 Å². The quantitative estimate of drug-likeness (QED) is 0.502. The van der Waals surface area contributed by atoms with Crippen molar-refractivity contribution < 1.29 is 4.74 Å². The van der Waals surface area contributed by atoms with Crippen LogP contribution in [0.3, 0.4) is 0 Å². The largest absolute Gasteiger partial charge is 0.373 e. The van der Waals surface area contributed by atoms with Gasteiger partial charge in [0.25, 0.3) is 0 Å². The lowest BCUT2D eigenvalue weighted by Gasteiger charge is -2.02. The standard InChI is InChI=1S/C10H15N3O4/c14-8-11-9(15)13(10(16)12-8)5-3-1-2-4-7-6-17-7/h7H,1-6H2,(H2,11,12,14,15,16). The summed E-state index contributed by atoms with van der Waals surface area (Å²) in [5.74, 6) is 0. The van der Waals surface area contributed by atoms with Gasteiger partial charge >= 0.3 is 17.1 Å². The Hall–Kier alpha value is -1.63. The van der Waals surface area contributed by atoms with E-state index in [2.05, 4.69) is 0 Å². The number of H-pyrrole nitrogens is 2. The van der Waals surface area contributed by atoms with E-state index in [0.29, 0.717) is 12.6 Å². The highest BCUT2D eigenvalue weighted by Gasteiger charge is 2.20. The SMILES string of the molecule is O=c1[nH]c(=O)n(CCCCCC2CO2)c(=O)[nH]1. The van der Waals surface area contributed by atoms with Crippen molar-refractivity contribution in [1.82, 2.24) is 14.5 Å². The van der Waals surface area contributed by atoms with Crippen LogP contribution in [0.1, 0.15) is 25.7 Å². The lowest BCUT2D eigenvalue weighted by atomic mass is 10.1. The number of nitrogens with one attached hydrogen (secondary N) is 2. The first-order valence-electron chi connectivity index (χ1n) is 5.72. The predicted octanol–water partition coefficient (Wildman–Crippen LogP) is -0.816. The monoisotopic (exact) mass is 241 g/mol. The zero-order valence-corrected chi connectivity index (χ0v) is 9.40. The van der Waals surface area contributed by atoms with Gasteiger partial charge in [0.2, 0.25) is 0 Å². The Morgan fingerprint density at radius 1 is 1.12 bits per heavy atom. The van der Waals surface area contributed by atoms with Gasteiger partial charge in [-0.3, -0.25) is 9.97 Å². The number of ether oxygens (including phenoxy) is 1. The Kier molecular flexibility index (Phi) is 3.58. The molecule has 0 bridgehead atoms. The van der Waals surface area contributed by atoms with Crippen LogP contribution in [0.2, 0.25) is 0 Å². The number of rotatable bonds is 6. The summed E-state index contributed by atoms with van der Waals surface area (Å²) in [7, 11) is 0. The minimum absolute atomic E-state index is 0.330. The molecule has 1 aliphatic rings. The van der Waals surface area contributed by atoms with E-state index in [1.165, 1.54) is 0 Å². The number of hydrogen-bond acceptors (Lipinski definition) is 4. The second-order valence-corrected chi connectivity index (χ2v) is 4.15. The highest BCUT2D eigenvalue weighted by Crippen LogP contribution is 2.16. The molecule has 17 heavy (non-hydrogen) atoms. The fourth-order valence-corrected chi connectivity index (χ4v) is 1.71. The van der Waals surface area contributed by atoms with Gasteiger partial charge < -0.3 is 4.74 Å². The molecule has 94 valence electrons. The van der Waals surface area contributed by atoms with Crippen molar-refractivity contribution in [3.05, 3.63) is 31.5 Å². The van der Waals surface area contributed by atoms with E-state index in [9.17, 15) is 14.4 Å². The maximum atomic E-state index is 11.3. The van der Waals surface area contributed by atoms with Crippen LogP contribution in [0.5, 0.6) is 0 Å². The molecule has 1 fully saturated rings. The number of epoxide rings is 1. The molecule has 2 N–H and O–H groups in total. The first-order valence-corrected chi connectivity index (χ1v) is 5.72. The van der Waals surface area contributed by atoms with E-state index in [1.54, 1.807) is 0 Å². The van der Waals surface area contributed by atoms with E-state index in [-0.39, 0.29) is 0 Å². The van der Waals surface area contributed by atoms with Crippen molar-refractivity contribution >= 4 is 0 Å². The summed E-state index contributed by atoms with van der Waals surface area (Å²) in [6, 6.07) is 0. The Morgan fingerprint density at radius 2 is 1.76 bits per heavy atom. The highest BCUT2D eigenvalue weighted by atomic mass is 16.6. The zero-order valence-electron chi connectivity index (χ0n) is 9.40. The molecule has 0 aliphatic carbocycles. The summed E-state index contributed by atoms with van der Waals surface area (Å²) < 4.78 is 6.08. The zero-order chi connectivity index (χ0) is 12.3. The van der Waals surface area contributed by atoms with Crippen molar-refractivity contribution in [2.75, 3.05) is 6.61 Å². The summed E-state index contributed by atoms with van der Waals surface area (Å²) in [6.07, 6.45) is 4.17. The van der Waals surface area contributed by atoms with Gasteiger partial charge in [-0.25, -0.2) is 19.0 Å². The minimum atomic E-state index is -0.762. The molecule has 1 aromatic heterocycles. The van der Waals surface area contributed by atoms with Crippen molar-refractivity contribution in [2.24, 2.45) is 0 Å². The summed E-state index contributed by atoms with van der Waals surface area (Å²) in [4.78, 5) is 37.5. The Bertz CT molecular complexity index is 503. The molecule has 0 amide bonds. The van der Waals surface area contributed by atoms with Gasteiger partial charge in [-0.2, -0.15) is 0 Å². The fraction of sp³-hybridized carbons (Fsp3) is 0.700. The number of nitrogens with zero attached hydrogens (tertiary/aromatic N) is 1. The third-order valence-corrected chi connectivity index (χ3v) is 2.74. The third-order valence-electron chi connectivity index (χ3n) is 2.74. The maximum Gasteiger partial charge on any atom is 0.333 e. The molecule has 0 aromatic carbocycles. The molecular formula is C10H15N3O4. The molecule has 0 radical (unpaired) electrons. The molecule has 7 heteroatoms. The third kappa shape index (κ3) is 3.42. The van der Waals surface area contributed by atoms with Crippen molar-refractivity contribution in [1.29, 1.82) is 0 Å². The lowest BCUT2D eigenvalue weighted by molar-refractivity contribution is 0.386. The summed E-state index contributed by atoms with van der Waals surface area (Å²) in [5, 5.41) is 0. The number of aromatic amines is 2. The summed E-state index contributed by atoms with van der Waals surface area (Å²) >= 11 is 0. The molecule has 1 atom stereocenters. The highest BCUT2D eigenvalue weighted by molar-refractivity contribution is 4.70. The average molecular weight is 241 g/mol. The second kappa shape index (κ2) is 5.13. The van der Waals surface area contributed by atoms with Crippen LogP contribution in [-0.2, 0) is 11.3 Å². The molecule has 7 nitrogen and oxygen atoms in total. The molecule has 1 unspecified atom stereocenters. The van der Waals surface area contributed by atoms with Crippen molar-refractivity contribution in [3.8, 4) is 0 Å². The Morgan fingerprint density at radius 3 is 2.35 bits per heavy atom. The Balaban J connectivity index is 1.83. The van der Waals surface area contributed by atoms with E-state index in [0.717, 1.165) is 36.9 Å². The second-order valence-electron chi connectivity index (χ2n) is 4.15. The number of aromatic nitrogens is 3. The maximum absolute atomic E-state index is 11.3. The van der Waals surface area contributed by atoms with Crippen LogP contribution in [0.25, 0.3) is 0 Å². The molecule has 2 rings (SSSR count). The van der Waals surface area contributed by atoms with Gasteiger partial charge in [-0.15, -0.1) is 0 Å². The minimum Gasteiger partial charge on any atom is -0.373 e. The van der Waals surface area contributed by atoms with E-state index < -0.39 is 17.1 Å². The van der Waals surface area contributed by atoms with Crippen LogP contribution in [0, 0.1) is 0 Å². The molecule has 0 saturated carbocycles. The van der Waals surface area contributed by atoms with Crippen molar-refractivity contribution in [2.45, 2.75) is 38.3 Å². The topological polar surface area (TPSA) is 100 Å². The molecule has 1 saturated heterocycles. The van der Waals surface area contributed by atoms with Gasteiger partial charge in [0.15, 0.2) is 0 Å². The number of unbranched alkanes of at least 4 members (excludes halogenated alkanes) is 2. The first-order chi connectivity index (χ1) is 8.16.